The summed E-state index contributed by atoms with van der Waals surface area (Å²) >= 11 is 0. The zero-order chi connectivity index (χ0) is 27.2. The van der Waals surface area contributed by atoms with Crippen LogP contribution in [-0.4, -0.2) is 44.3 Å². The summed E-state index contributed by atoms with van der Waals surface area (Å²) in [6.07, 6.45) is 1.51. The summed E-state index contributed by atoms with van der Waals surface area (Å²) < 4.78 is 20.3. The standard InChI is InChI=1S/C30H30FN3O4/c1-4-38-28(37)18-24(36)17-23(35)14-15-25-29(19(2)3)33-34(30(25)21-9-12-22(31)13-10-21)27-16-11-20-7-5-6-8-26(20)32-27/h5-16,19,23,35H,4,17-18H2,1-3H3/b15-14+. The van der Waals surface area contributed by atoms with Crippen LogP contribution >= 0.6 is 0 Å². The van der Waals surface area contributed by atoms with Gasteiger partial charge in [-0.15, -0.1) is 0 Å². The van der Waals surface area contributed by atoms with E-state index >= 15 is 0 Å². The van der Waals surface area contributed by atoms with Crippen LogP contribution in [0.3, 0.4) is 0 Å². The molecule has 4 rings (SSSR count). The van der Waals surface area contributed by atoms with Crippen molar-refractivity contribution in [3.05, 3.63) is 83.8 Å². The number of carbonyl (C=O) groups is 2. The Balaban J connectivity index is 1.77. The predicted octanol–water partition coefficient (Wildman–Crippen LogP) is 5.64. The van der Waals surface area contributed by atoms with Crippen molar-refractivity contribution in [3.63, 3.8) is 0 Å². The highest BCUT2D eigenvalue weighted by molar-refractivity contribution is 5.95. The molecule has 2 aromatic carbocycles. The minimum Gasteiger partial charge on any atom is -0.466 e. The molecule has 8 heteroatoms. The molecule has 1 unspecified atom stereocenters. The fourth-order valence-electron chi connectivity index (χ4n) is 4.22. The number of para-hydroxylation sites is 1. The number of Topliss-reactive ketones (excluding diaryl/α,β-unsaturated/α-hetero) is 1. The summed E-state index contributed by atoms with van der Waals surface area (Å²) in [6.45, 7) is 5.87. The molecule has 2 heterocycles. The highest BCUT2D eigenvalue weighted by Crippen LogP contribution is 2.34. The van der Waals surface area contributed by atoms with Gasteiger partial charge >= 0.3 is 5.97 Å². The van der Waals surface area contributed by atoms with Crippen molar-refractivity contribution in [3.8, 4) is 17.1 Å². The Labute approximate surface area is 220 Å². The molecule has 0 bridgehead atoms. The van der Waals surface area contributed by atoms with Crippen LogP contribution in [0, 0.1) is 5.82 Å². The normalized spacial score (nSPS) is 12.4. The molecule has 196 valence electrons. The van der Waals surface area contributed by atoms with Gasteiger partial charge in [-0.1, -0.05) is 44.2 Å². The number of carbonyl (C=O) groups excluding carboxylic acids is 2. The minimum absolute atomic E-state index is 0.0122. The van der Waals surface area contributed by atoms with Crippen molar-refractivity contribution >= 4 is 28.7 Å². The molecule has 0 saturated heterocycles. The van der Waals surface area contributed by atoms with Crippen LogP contribution in [-0.2, 0) is 14.3 Å². The average Bonchev–Trinajstić information content (AvgIpc) is 3.27. The number of nitrogens with zero attached hydrogens (tertiary/aromatic N) is 3. The number of benzene rings is 2. The first-order chi connectivity index (χ1) is 18.3. The molecule has 0 amide bonds. The Hall–Kier alpha value is -4.17. The number of aromatic nitrogens is 3. The largest absolute Gasteiger partial charge is 0.466 e. The maximum absolute atomic E-state index is 13.8. The van der Waals surface area contributed by atoms with Crippen molar-refractivity contribution in [1.29, 1.82) is 0 Å². The summed E-state index contributed by atoms with van der Waals surface area (Å²) in [5, 5.41) is 16.4. The fraction of sp³-hybridized carbons (Fsp3) is 0.267. The number of rotatable bonds is 10. The van der Waals surface area contributed by atoms with E-state index in [2.05, 4.69) is 0 Å². The van der Waals surface area contributed by atoms with E-state index in [9.17, 15) is 19.1 Å². The molecule has 0 aliphatic carbocycles. The number of ketones is 1. The first-order valence-electron chi connectivity index (χ1n) is 12.6. The van der Waals surface area contributed by atoms with Crippen LogP contribution in [0.2, 0.25) is 0 Å². The monoisotopic (exact) mass is 515 g/mol. The van der Waals surface area contributed by atoms with Crippen molar-refractivity contribution in [1.82, 2.24) is 14.8 Å². The van der Waals surface area contributed by atoms with Crippen molar-refractivity contribution < 1.29 is 23.8 Å². The zero-order valence-electron chi connectivity index (χ0n) is 21.6. The molecular formula is C30H30FN3O4. The summed E-state index contributed by atoms with van der Waals surface area (Å²) in [7, 11) is 0. The number of ether oxygens (including phenoxy) is 1. The molecule has 0 fully saturated rings. The summed E-state index contributed by atoms with van der Waals surface area (Å²) in [4.78, 5) is 28.6. The molecule has 1 atom stereocenters. The summed E-state index contributed by atoms with van der Waals surface area (Å²) in [5.74, 6) is -0.786. The van der Waals surface area contributed by atoms with Crippen molar-refractivity contribution in [2.45, 2.75) is 45.6 Å². The van der Waals surface area contributed by atoms with Crippen LogP contribution in [0.4, 0.5) is 4.39 Å². The number of halogens is 1. The van der Waals surface area contributed by atoms with Crippen LogP contribution in [0.15, 0.2) is 66.7 Å². The number of fused-ring (bicyclic) bond motifs is 1. The van der Waals surface area contributed by atoms with E-state index in [1.807, 2.05) is 50.2 Å². The molecular weight excluding hydrogens is 485 g/mol. The third-order valence-corrected chi connectivity index (χ3v) is 5.98. The quantitative estimate of drug-likeness (QED) is 0.217. The Morgan fingerprint density at radius 3 is 2.53 bits per heavy atom. The lowest BCUT2D eigenvalue weighted by atomic mass is 9.99. The number of aliphatic hydroxyl groups excluding tert-OH is 1. The van der Waals surface area contributed by atoms with E-state index in [0.29, 0.717) is 17.1 Å². The highest BCUT2D eigenvalue weighted by Gasteiger charge is 2.22. The molecule has 0 saturated carbocycles. The van der Waals surface area contributed by atoms with Gasteiger partial charge < -0.3 is 9.84 Å². The smallest absolute Gasteiger partial charge is 0.313 e. The lowest BCUT2D eigenvalue weighted by molar-refractivity contribution is -0.145. The van der Waals surface area contributed by atoms with Gasteiger partial charge in [-0.05, 0) is 55.3 Å². The highest BCUT2D eigenvalue weighted by atomic mass is 19.1. The Kier molecular flexibility index (Phi) is 8.43. The van der Waals surface area contributed by atoms with E-state index in [-0.39, 0.29) is 31.2 Å². The molecule has 0 spiro atoms. The number of hydrogen-bond donors (Lipinski definition) is 1. The summed E-state index contributed by atoms with van der Waals surface area (Å²) in [6, 6.07) is 17.7. The molecule has 0 aliphatic heterocycles. The number of hydrogen-bond acceptors (Lipinski definition) is 6. The van der Waals surface area contributed by atoms with Crippen molar-refractivity contribution in [2.75, 3.05) is 6.61 Å². The Morgan fingerprint density at radius 1 is 1.08 bits per heavy atom. The van der Waals surface area contributed by atoms with Crippen molar-refractivity contribution in [2.24, 2.45) is 0 Å². The number of esters is 1. The number of pyridine rings is 1. The SMILES string of the molecule is CCOC(=O)CC(=O)CC(O)/C=C/c1c(C(C)C)nn(-c2ccc3ccccc3n2)c1-c1ccc(F)cc1. The third-order valence-electron chi connectivity index (χ3n) is 5.98. The molecule has 4 aromatic rings. The first kappa shape index (κ1) is 26.9. The van der Waals surface area contributed by atoms with E-state index in [1.165, 1.54) is 18.2 Å². The van der Waals surface area contributed by atoms with Gasteiger partial charge in [0.1, 0.15) is 18.0 Å². The van der Waals surface area contributed by atoms with Gasteiger partial charge in [-0.3, -0.25) is 9.59 Å². The molecule has 0 radical (unpaired) electrons. The van der Waals surface area contributed by atoms with Gasteiger partial charge in [0.05, 0.1) is 29.6 Å². The van der Waals surface area contributed by atoms with E-state index < -0.39 is 17.9 Å². The first-order valence-corrected chi connectivity index (χ1v) is 12.6. The van der Waals surface area contributed by atoms with Gasteiger partial charge in [0.25, 0.3) is 0 Å². The van der Waals surface area contributed by atoms with Crippen LogP contribution in [0.25, 0.3) is 34.1 Å². The Morgan fingerprint density at radius 2 is 1.82 bits per heavy atom. The van der Waals surface area contributed by atoms with Crippen LogP contribution in [0.1, 0.15) is 50.8 Å². The van der Waals surface area contributed by atoms with Gasteiger partial charge in [-0.25, -0.2) is 14.1 Å². The average molecular weight is 516 g/mol. The second-order valence-electron chi connectivity index (χ2n) is 9.23. The van der Waals surface area contributed by atoms with Gasteiger partial charge in [0, 0.05) is 22.9 Å². The molecule has 2 aromatic heterocycles. The zero-order valence-corrected chi connectivity index (χ0v) is 21.6. The van der Waals surface area contributed by atoms with Gasteiger partial charge in [0.15, 0.2) is 5.82 Å². The Bertz CT molecular complexity index is 1470. The van der Waals surface area contributed by atoms with Gasteiger partial charge in [0.2, 0.25) is 0 Å². The van der Waals surface area contributed by atoms with E-state index in [4.69, 9.17) is 14.8 Å². The predicted molar refractivity (Wildman–Crippen MR) is 144 cm³/mol. The lowest BCUT2D eigenvalue weighted by Crippen LogP contribution is -2.16. The second kappa shape index (κ2) is 11.9. The molecule has 0 aliphatic rings. The third kappa shape index (κ3) is 6.20. The van der Waals surface area contributed by atoms with E-state index in [1.54, 1.807) is 29.8 Å². The number of aliphatic hydroxyl groups is 1. The van der Waals surface area contributed by atoms with Crippen LogP contribution in [0.5, 0.6) is 0 Å². The molecule has 38 heavy (non-hydrogen) atoms. The fourth-order valence-corrected chi connectivity index (χ4v) is 4.22. The summed E-state index contributed by atoms with van der Waals surface area (Å²) in [5.41, 5.74) is 3.68. The molecule has 7 nitrogen and oxygen atoms in total. The maximum Gasteiger partial charge on any atom is 0.313 e. The van der Waals surface area contributed by atoms with Gasteiger partial charge in [-0.2, -0.15) is 5.10 Å². The van der Waals surface area contributed by atoms with E-state index in [0.717, 1.165) is 22.2 Å². The molecule has 1 N–H and O–H groups in total. The second-order valence-corrected chi connectivity index (χ2v) is 9.23. The van der Waals surface area contributed by atoms with Crippen LogP contribution < -0.4 is 0 Å². The maximum atomic E-state index is 13.8. The lowest BCUT2D eigenvalue weighted by Gasteiger charge is -2.10. The topological polar surface area (TPSA) is 94.3 Å². The minimum atomic E-state index is -1.11.